The van der Waals surface area contributed by atoms with Crippen LogP contribution in [0.2, 0.25) is 0 Å². The summed E-state index contributed by atoms with van der Waals surface area (Å²) >= 11 is 0. The number of Topliss-reactive ketones (excluding diaryl/α,β-unsaturated/α-hetero) is 1. The van der Waals surface area contributed by atoms with E-state index in [0.29, 0.717) is 24.2 Å². The number of aliphatic hydroxyl groups excluding tert-OH is 1. The molecule has 3 aliphatic rings. The first-order valence-corrected chi connectivity index (χ1v) is 9.23. The monoisotopic (exact) mass is 344 g/mol. The fourth-order valence-electron chi connectivity index (χ4n) is 5.15. The molecule has 1 N–H and O–H groups in total. The van der Waals surface area contributed by atoms with Gasteiger partial charge >= 0.3 is 0 Å². The largest absolute Gasteiger partial charge is 0.504 e. The van der Waals surface area contributed by atoms with E-state index in [0.717, 1.165) is 19.3 Å². The maximum atomic E-state index is 12.5. The molecule has 0 amide bonds. The summed E-state index contributed by atoms with van der Waals surface area (Å²) in [5, 5.41) is 10.4. The summed E-state index contributed by atoms with van der Waals surface area (Å²) in [4.78, 5) is 24.7. The van der Waals surface area contributed by atoms with Crippen LogP contribution in [0.3, 0.4) is 0 Å². The zero-order chi connectivity index (χ0) is 18.4. The van der Waals surface area contributed by atoms with Crippen molar-refractivity contribution in [1.82, 2.24) is 0 Å². The molecule has 0 aromatic rings. The van der Waals surface area contributed by atoms with E-state index in [1.807, 2.05) is 0 Å². The van der Waals surface area contributed by atoms with Gasteiger partial charge in [0.1, 0.15) is 0 Å². The van der Waals surface area contributed by atoms with Crippen LogP contribution in [-0.4, -0.2) is 23.8 Å². The lowest BCUT2D eigenvalue weighted by Gasteiger charge is -2.52. The normalized spacial score (nSPS) is 35.9. The lowest BCUT2D eigenvalue weighted by atomic mass is 9.52. The Kier molecular flexibility index (Phi) is 4.65. The number of methoxy groups -OCH3 is 1. The first-order chi connectivity index (χ1) is 11.8. The van der Waals surface area contributed by atoms with Crippen molar-refractivity contribution >= 4 is 11.6 Å². The number of allylic oxidation sites excluding steroid dienone is 4. The lowest BCUT2D eigenvalue weighted by Crippen LogP contribution is -2.45. The summed E-state index contributed by atoms with van der Waals surface area (Å²) in [6.45, 7) is 6.70. The molecular formula is C21H28O4. The SMILES string of the molecule is COC1=CC(=O)C(C[C@@]2(C)[C@@H]3CCC=C(C)C3CC[C@@H]2C)=C(O)C1=O. The molecule has 0 spiro atoms. The van der Waals surface area contributed by atoms with Crippen LogP contribution in [0.1, 0.15) is 52.9 Å². The molecule has 4 atom stereocenters. The molecule has 3 rings (SSSR count). The van der Waals surface area contributed by atoms with Gasteiger partial charge in [-0.3, -0.25) is 9.59 Å². The van der Waals surface area contributed by atoms with Gasteiger partial charge in [0.2, 0.25) is 0 Å². The van der Waals surface area contributed by atoms with Crippen molar-refractivity contribution < 1.29 is 19.4 Å². The van der Waals surface area contributed by atoms with E-state index < -0.39 is 11.5 Å². The molecule has 4 nitrogen and oxygen atoms in total. The molecule has 1 fully saturated rings. The lowest BCUT2D eigenvalue weighted by molar-refractivity contribution is -0.120. The van der Waals surface area contributed by atoms with E-state index in [-0.39, 0.29) is 22.5 Å². The first kappa shape index (κ1) is 18.0. The Morgan fingerprint density at radius 3 is 2.68 bits per heavy atom. The third kappa shape index (κ3) is 2.86. The average Bonchev–Trinajstić information content (AvgIpc) is 2.59. The second-order valence-electron chi connectivity index (χ2n) is 8.13. The molecule has 0 radical (unpaired) electrons. The third-order valence-corrected chi connectivity index (χ3v) is 6.96. The van der Waals surface area contributed by atoms with E-state index in [2.05, 4.69) is 26.8 Å². The van der Waals surface area contributed by atoms with Crippen molar-refractivity contribution in [3.8, 4) is 0 Å². The van der Waals surface area contributed by atoms with Crippen molar-refractivity contribution in [2.45, 2.75) is 52.9 Å². The van der Waals surface area contributed by atoms with E-state index in [1.165, 1.54) is 25.2 Å². The van der Waals surface area contributed by atoms with Gasteiger partial charge in [0, 0.05) is 11.6 Å². The maximum Gasteiger partial charge on any atom is 0.262 e. The molecule has 0 aromatic heterocycles. The van der Waals surface area contributed by atoms with Crippen LogP contribution in [0.4, 0.5) is 0 Å². The minimum Gasteiger partial charge on any atom is -0.504 e. The van der Waals surface area contributed by atoms with Crippen LogP contribution in [-0.2, 0) is 14.3 Å². The van der Waals surface area contributed by atoms with Crippen molar-refractivity contribution in [3.63, 3.8) is 0 Å². The van der Waals surface area contributed by atoms with Gasteiger partial charge in [0.25, 0.3) is 5.78 Å². The first-order valence-electron chi connectivity index (χ1n) is 9.23. The number of aliphatic hydroxyl groups is 1. The predicted octanol–water partition coefficient (Wildman–Crippen LogP) is 4.28. The van der Waals surface area contributed by atoms with Crippen LogP contribution >= 0.6 is 0 Å². The van der Waals surface area contributed by atoms with Crippen molar-refractivity contribution in [2.75, 3.05) is 7.11 Å². The molecule has 3 aliphatic carbocycles. The third-order valence-electron chi connectivity index (χ3n) is 6.96. The summed E-state index contributed by atoms with van der Waals surface area (Å²) in [7, 11) is 1.33. The summed E-state index contributed by atoms with van der Waals surface area (Å²) < 4.78 is 4.92. The number of hydrogen-bond donors (Lipinski definition) is 1. The van der Waals surface area contributed by atoms with Crippen LogP contribution in [0.25, 0.3) is 0 Å². The number of ketones is 2. The van der Waals surface area contributed by atoms with Gasteiger partial charge in [-0.05, 0) is 62.2 Å². The highest BCUT2D eigenvalue weighted by Crippen LogP contribution is 2.56. The maximum absolute atomic E-state index is 12.5. The van der Waals surface area contributed by atoms with Crippen molar-refractivity contribution in [3.05, 3.63) is 34.8 Å². The van der Waals surface area contributed by atoms with Gasteiger partial charge in [-0.25, -0.2) is 0 Å². The molecule has 1 saturated carbocycles. The second kappa shape index (κ2) is 6.47. The highest BCUT2D eigenvalue weighted by Gasteiger charge is 2.49. The van der Waals surface area contributed by atoms with Gasteiger partial charge in [0.05, 0.1) is 7.11 Å². The topological polar surface area (TPSA) is 63.6 Å². The molecule has 4 heteroatoms. The number of hydrogen-bond acceptors (Lipinski definition) is 4. The summed E-state index contributed by atoms with van der Waals surface area (Å²) in [5.41, 5.74) is 1.61. The Bertz CT molecular complexity index is 697. The van der Waals surface area contributed by atoms with Gasteiger partial charge < -0.3 is 9.84 Å². The molecular weight excluding hydrogens is 316 g/mol. The summed E-state index contributed by atoms with van der Waals surface area (Å²) in [5.74, 6) is 0.0865. The Balaban J connectivity index is 1.95. The van der Waals surface area contributed by atoms with Crippen LogP contribution < -0.4 is 0 Å². The van der Waals surface area contributed by atoms with Gasteiger partial charge in [-0.15, -0.1) is 0 Å². The summed E-state index contributed by atoms with van der Waals surface area (Å²) in [6.07, 6.45) is 8.49. The smallest absolute Gasteiger partial charge is 0.262 e. The van der Waals surface area contributed by atoms with Gasteiger partial charge in [-0.2, -0.15) is 0 Å². The minimum atomic E-state index is -0.583. The van der Waals surface area contributed by atoms with Gasteiger partial charge in [0.15, 0.2) is 17.3 Å². The quantitative estimate of drug-likeness (QED) is 0.613. The molecule has 0 aromatic carbocycles. The Labute approximate surface area is 149 Å². The predicted molar refractivity (Wildman–Crippen MR) is 95.9 cm³/mol. The molecule has 0 aliphatic heterocycles. The fraction of sp³-hybridized carbons (Fsp3) is 0.619. The van der Waals surface area contributed by atoms with Crippen LogP contribution in [0.5, 0.6) is 0 Å². The molecule has 25 heavy (non-hydrogen) atoms. The van der Waals surface area contributed by atoms with E-state index in [1.54, 1.807) is 0 Å². The Hall–Kier alpha value is -1.84. The zero-order valence-corrected chi connectivity index (χ0v) is 15.6. The second-order valence-corrected chi connectivity index (χ2v) is 8.13. The zero-order valence-electron chi connectivity index (χ0n) is 15.6. The number of ether oxygens (including phenoxy) is 1. The highest BCUT2D eigenvalue weighted by atomic mass is 16.5. The fourth-order valence-corrected chi connectivity index (χ4v) is 5.15. The molecule has 0 bridgehead atoms. The standard InChI is InChI=1S/C21H28O4/c1-12-6-5-7-16-14(12)9-8-13(2)21(16,3)11-15-17(22)10-18(25-4)20(24)19(15)23/h6,10,13-14,16,23H,5,7-9,11H2,1-4H3/t13-,14?,16+,21+/m0/s1. The van der Waals surface area contributed by atoms with Crippen LogP contribution in [0.15, 0.2) is 34.8 Å². The summed E-state index contributed by atoms with van der Waals surface area (Å²) in [6, 6.07) is 0. The average molecular weight is 344 g/mol. The molecule has 0 saturated heterocycles. The minimum absolute atomic E-state index is 0.0811. The number of carbonyl (C=O) groups excluding carboxylic acids is 2. The number of carbonyl (C=O) groups is 2. The highest BCUT2D eigenvalue weighted by molar-refractivity contribution is 6.20. The van der Waals surface area contributed by atoms with Gasteiger partial charge in [-0.1, -0.05) is 25.5 Å². The van der Waals surface area contributed by atoms with E-state index in [9.17, 15) is 14.7 Å². The Morgan fingerprint density at radius 2 is 2.00 bits per heavy atom. The molecule has 136 valence electrons. The van der Waals surface area contributed by atoms with Crippen molar-refractivity contribution in [1.29, 1.82) is 0 Å². The Morgan fingerprint density at radius 1 is 1.28 bits per heavy atom. The molecule has 1 unspecified atom stereocenters. The number of fused-ring (bicyclic) bond motifs is 1. The number of rotatable bonds is 3. The van der Waals surface area contributed by atoms with E-state index in [4.69, 9.17) is 4.74 Å². The van der Waals surface area contributed by atoms with Crippen molar-refractivity contribution in [2.24, 2.45) is 23.2 Å². The van der Waals surface area contributed by atoms with E-state index >= 15 is 0 Å². The molecule has 0 heterocycles. The van der Waals surface area contributed by atoms with Crippen LogP contribution in [0, 0.1) is 23.2 Å².